The van der Waals surface area contributed by atoms with E-state index in [1.54, 1.807) is 7.11 Å². The summed E-state index contributed by atoms with van der Waals surface area (Å²) in [5, 5.41) is 5.66. The van der Waals surface area contributed by atoms with Crippen molar-refractivity contribution < 1.29 is 4.74 Å². The number of nitrogens with one attached hydrogen (secondary N) is 1. The van der Waals surface area contributed by atoms with Crippen LogP contribution in [0.15, 0.2) is 79.0 Å². The van der Waals surface area contributed by atoms with Crippen LogP contribution in [0, 0.1) is 0 Å². The van der Waals surface area contributed by atoms with Crippen LogP contribution in [0.1, 0.15) is 16.7 Å². The molecule has 3 nitrogen and oxygen atoms in total. The van der Waals surface area contributed by atoms with E-state index in [2.05, 4.69) is 64.6 Å². The lowest BCUT2D eigenvalue weighted by Gasteiger charge is -2.08. The molecule has 0 amide bonds. The maximum absolute atomic E-state index is 6.03. The van der Waals surface area contributed by atoms with Gasteiger partial charge in [-0.1, -0.05) is 60.1 Å². The van der Waals surface area contributed by atoms with Gasteiger partial charge in [0.15, 0.2) is 0 Å². The summed E-state index contributed by atoms with van der Waals surface area (Å²) in [6, 6.07) is 24.9. The molecule has 0 radical (unpaired) electrons. The van der Waals surface area contributed by atoms with Gasteiger partial charge in [-0.3, -0.25) is 0 Å². The molecule has 0 atom stereocenters. The average molecular weight is 405 g/mol. The Morgan fingerprint density at radius 3 is 2.48 bits per heavy atom. The summed E-state index contributed by atoms with van der Waals surface area (Å²) >= 11 is 6.03. The van der Waals surface area contributed by atoms with E-state index in [-0.39, 0.29) is 0 Å². The van der Waals surface area contributed by atoms with Gasteiger partial charge in [0, 0.05) is 35.2 Å². The number of nitrogens with zero attached hydrogens (tertiary/aromatic N) is 1. The first-order valence-electron chi connectivity index (χ1n) is 9.88. The highest BCUT2D eigenvalue weighted by Gasteiger charge is 2.09. The molecule has 3 aromatic carbocycles. The highest BCUT2D eigenvalue weighted by molar-refractivity contribution is 6.30. The number of para-hydroxylation sites is 2. The standard InChI is InChI=1S/C25H25ClN2O/c1-29-25-9-5-2-6-20(25)14-15-27-16-21-18-28(24-8-4-3-7-23(21)24)17-19-10-12-22(26)13-11-19/h2-13,18,27H,14-17H2,1H3. The number of benzene rings is 3. The lowest BCUT2D eigenvalue weighted by molar-refractivity contribution is 0.409. The van der Waals surface area contributed by atoms with Gasteiger partial charge in [-0.15, -0.1) is 0 Å². The molecular weight excluding hydrogens is 380 g/mol. The van der Waals surface area contributed by atoms with E-state index in [1.807, 2.05) is 24.3 Å². The molecule has 1 heterocycles. The smallest absolute Gasteiger partial charge is 0.122 e. The highest BCUT2D eigenvalue weighted by atomic mass is 35.5. The Morgan fingerprint density at radius 2 is 1.66 bits per heavy atom. The van der Waals surface area contributed by atoms with Gasteiger partial charge in [0.05, 0.1) is 7.11 Å². The van der Waals surface area contributed by atoms with Crippen LogP contribution < -0.4 is 10.1 Å². The third kappa shape index (κ3) is 4.64. The Balaban J connectivity index is 1.45. The summed E-state index contributed by atoms with van der Waals surface area (Å²) in [5.74, 6) is 0.953. The number of methoxy groups -OCH3 is 1. The van der Waals surface area contributed by atoms with Gasteiger partial charge in [0.2, 0.25) is 0 Å². The maximum Gasteiger partial charge on any atom is 0.122 e. The Hall–Kier alpha value is -2.75. The molecule has 0 unspecified atom stereocenters. The van der Waals surface area contributed by atoms with Crippen molar-refractivity contribution in [3.05, 3.63) is 101 Å². The van der Waals surface area contributed by atoms with Crippen molar-refractivity contribution in [3.63, 3.8) is 0 Å². The van der Waals surface area contributed by atoms with E-state index in [9.17, 15) is 0 Å². The number of hydrogen-bond donors (Lipinski definition) is 1. The first-order chi connectivity index (χ1) is 14.2. The van der Waals surface area contributed by atoms with Gasteiger partial charge in [-0.05, 0) is 53.9 Å². The lowest BCUT2D eigenvalue weighted by atomic mass is 10.1. The van der Waals surface area contributed by atoms with Gasteiger partial charge in [-0.25, -0.2) is 0 Å². The van der Waals surface area contributed by atoms with Crippen molar-refractivity contribution >= 4 is 22.5 Å². The molecule has 1 aromatic heterocycles. The molecule has 4 rings (SSSR count). The third-order valence-electron chi connectivity index (χ3n) is 5.22. The van der Waals surface area contributed by atoms with Gasteiger partial charge in [0.1, 0.15) is 5.75 Å². The average Bonchev–Trinajstić information content (AvgIpc) is 3.10. The largest absolute Gasteiger partial charge is 0.496 e. The van der Waals surface area contributed by atoms with Gasteiger partial charge >= 0.3 is 0 Å². The van der Waals surface area contributed by atoms with Crippen LogP contribution in [0.4, 0.5) is 0 Å². The molecule has 148 valence electrons. The van der Waals surface area contributed by atoms with Gasteiger partial charge in [-0.2, -0.15) is 0 Å². The van der Waals surface area contributed by atoms with Crippen molar-refractivity contribution in [2.45, 2.75) is 19.5 Å². The fourth-order valence-corrected chi connectivity index (χ4v) is 3.86. The minimum absolute atomic E-state index is 0.769. The number of fused-ring (bicyclic) bond motifs is 1. The van der Waals surface area contributed by atoms with Crippen LogP contribution >= 0.6 is 11.6 Å². The van der Waals surface area contributed by atoms with Gasteiger partial charge in [0.25, 0.3) is 0 Å². The minimum atomic E-state index is 0.769. The van der Waals surface area contributed by atoms with Crippen molar-refractivity contribution in [1.29, 1.82) is 0 Å². The monoisotopic (exact) mass is 404 g/mol. The molecular formula is C25H25ClN2O. The molecule has 0 bridgehead atoms. The zero-order chi connectivity index (χ0) is 20.1. The molecule has 0 fully saturated rings. The van der Waals surface area contributed by atoms with Crippen molar-refractivity contribution in [2.75, 3.05) is 13.7 Å². The number of aromatic nitrogens is 1. The minimum Gasteiger partial charge on any atom is -0.496 e. The van der Waals surface area contributed by atoms with Crippen LogP contribution in [0.2, 0.25) is 5.02 Å². The molecule has 0 aliphatic heterocycles. The number of ether oxygens (including phenoxy) is 1. The molecule has 0 aliphatic carbocycles. The lowest BCUT2D eigenvalue weighted by Crippen LogP contribution is -2.16. The summed E-state index contributed by atoms with van der Waals surface area (Å²) in [4.78, 5) is 0. The maximum atomic E-state index is 6.03. The van der Waals surface area contributed by atoms with E-state index in [4.69, 9.17) is 16.3 Å². The molecule has 4 heteroatoms. The van der Waals surface area contributed by atoms with Crippen LogP contribution in [-0.2, 0) is 19.5 Å². The van der Waals surface area contributed by atoms with Crippen LogP contribution in [0.5, 0.6) is 5.75 Å². The fraction of sp³-hybridized carbons (Fsp3) is 0.200. The Kier molecular flexibility index (Phi) is 6.18. The number of rotatable bonds is 8. The molecule has 4 aromatic rings. The first-order valence-corrected chi connectivity index (χ1v) is 10.3. The van der Waals surface area contributed by atoms with E-state index < -0.39 is 0 Å². The quantitative estimate of drug-likeness (QED) is 0.382. The second-order valence-corrected chi connectivity index (χ2v) is 7.60. The summed E-state index contributed by atoms with van der Waals surface area (Å²) in [6.07, 6.45) is 3.20. The summed E-state index contributed by atoms with van der Waals surface area (Å²) in [5.41, 5.74) is 5.04. The molecule has 1 N–H and O–H groups in total. The molecule has 0 saturated carbocycles. The molecule has 0 saturated heterocycles. The van der Waals surface area contributed by atoms with Gasteiger partial charge < -0.3 is 14.6 Å². The van der Waals surface area contributed by atoms with Crippen LogP contribution in [0.3, 0.4) is 0 Å². The van der Waals surface area contributed by atoms with E-state index in [0.29, 0.717) is 0 Å². The highest BCUT2D eigenvalue weighted by Crippen LogP contribution is 2.23. The summed E-state index contributed by atoms with van der Waals surface area (Å²) in [6.45, 7) is 2.57. The molecule has 0 spiro atoms. The number of hydrogen-bond acceptors (Lipinski definition) is 2. The Morgan fingerprint density at radius 1 is 0.897 bits per heavy atom. The predicted molar refractivity (Wildman–Crippen MR) is 121 cm³/mol. The SMILES string of the molecule is COc1ccccc1CCNCc1cn(Cc2ccc(Cl)cc2)c2ccccc12. The van der Waals surface area contributed by atoms with Crippen molar-refractivity contribution in [3.8, 4) is 5.75 Å². The van der Waals surface area contributed by atoms with Crippen LogP contribution in [-0.4, -0.2) is 18.2 Å². The Labute approximate surface area is 176 Å². The fourth-order valence-electron chi connectivity index (χ4n) is 3.74. The van der Waals surface area contributed by atoms with E-state index in [0.717, 1.165) is 36.8 Å². The zero-order valence-electron chi connectivity index (χ0n) is 16.6. The normalized spacial score (nSPS) is 11.1. The molecule has 0 aliphatic rings. The van der Waals surface area contributed by atoms with Crippen molar-refractivity contribution in [1.82, 2.24) is 9.88 Å². The number of halogens is 1. The first kappa shape index (κ1) is 19.6. The van der Waals surface area contributed by atoms with Crippen molar-refractivity contribution in [2.24, 2.45) is 0 Å². The zero-order valence-corrected chi connectivity index (χ0v) is 17.3. The topological polar surface area (TPSA) is 26.2 Å². The molecule has 29 heavy (non-hydrogen) atoms. The Bertz CT molecular complexity index is 1090. The third-order valence-corrected chi connectivity index (χ3v) is 5.47. The predicted octanol–water partition coefficient (Wildman–Crippen LogP) is 5.68. The summed E-state index contributed by atoms with van der Waals surface area (Å²) < 4.78 is 7.76. The second-order valence-electron chi connectivity index (χ2n) is 7.16. The van der Waals surface area contributed by atoms with E-state index in [1.165, 1.54) is 27.6 Å². The van der Waals surface area contributed by atoms with Crippen LogP contribution in [0.25, 0.3) is 10.9 Å². The summed E-state index contributed by atoms with van der Waals surface area (Å²) in [7, 11) is 1.72. The second kappa shape index (κ2) is 9.17. The van der Waals surface area contributed by atoms with E-state index >= 15 is 0 Å².